The van der Waals surface area contributed by atoms with Crippen LogP contribution in [0.2, 0.25) is 0 Å². The molecule has 0 aromatic heterocycles. The number of unbranched alkanes of at least 4 members (excludes halogenated alkanes) is 2. The smallest absolute Gasteiger partial charge is 0.119 e. The minimum absolute atomic E-state index is 0.779. The van der Waals surface area contributed by atoms with E-state index in [1.807, 2.05) is 30.3 Å². The number of hydrogen-bond donors (Lipinski definition) is 0. The molecule has 2 heteroatoms. The zero-order valence-corrected chi connectivity index (χ0v) is 11.4. The van der Waals surface area contributed by atoms with Crippen LogP contribution in [0, 0.1) is 0 Å². The van der Waals surface area contributed by atoms with Crippen LogP contribution in [0.5, 0.6) is 5.75 Å². The summed E-state index contributed by atoms with van der Waals surface area (Å²) < 4.78 is 11.1. The highest BCUT2D eigenvalue weighted by Crippen LogP contribution is 2.13. The second kappa shape index (κ2) is 9.72. The molecule has 2 nitrogen and oxygen atoms in total. The Balaban J connectivity index is 2.01. The van der Waals surface area contributed by atoms with Crippen molar-refractivity contribution in [2.24, 2.45) is 0 Å². The summed E-state index contributed by atoms with van der Waals surface area (Å²) >= 11 is 0. The largest absolute Gasteiger partial charge is 0.494 e. The molecular formula is C16H24O2. The van der Waals surface area contributed by atoms with E-state index < -0.39 is 0 Å². The molecule has 0 aliphatic carbocycles. The van der Waals surface area contributed by atoms with E-state index in [0.29, 0.717) is 0 Å². The Morgan fingerprint density at radius 3 is 2.39 bits per heavy atom. The maximum atomic E-state index is 5.66. The van der Waals surface area contributed by atoms with Gasteiger partial charge in [0.15, 0.2) is 0 Å². The predicted molar refractivity (Wildman–Crippen MR) is 77.0 cm³/mol. The average Bonchev–Trinajstić information content (AvgIpc) is 2.42. The number of rotatable bonds is 10. The molecule has 1 aromatic carbocycles. The van der Waals surface area contributed by atoms with Crippen LogP contribution in [0.4, 0.5) is 0 Å². The van der Waals surface area contributed by atoms with Crippen LogP contribution in [0.3, 0.4) is 0 Å². The third-order valence-electron chi connectivity index (χ3n) is 2.67. The van der Waals surface area contributed by atoms with Gasteiger partial charge in [0.05, 0.1) is 6.61 Å². The van der Waals surface area contributed by atoms with Crippen molar-refractivity contribution in [1.82, 2.24) is 0 Å². The summed E-state index contributed by atoms with van der Waals surface area (Å²) in [6.07, 6.45) is 6.30. The SMILES string of the molecule is C=Cc1ccc(OCCCCCOCCC)cc1. The molecular weight excluding hydrogens is 224 g/mol. The van der Waals surface area contributed by atoms with Gasteiger partial charge in [-0.1, -0.05) is 31.7 Å². The van der Waals surface area contributed by atoms with E-state index in [1.54, 1.807) is 0 Å². The normalized spacial score (nSPS) is 10.3. The molecule has 1 rings (SSSR count). The molecule has 18 heavy (non-hydrogen) atoms. The Morgan fingerprint density at radius 1 is 1.00 bits per heavy atom. The zero-order valence-electron chi connectivity index (χ0n) is 11.4. The average molecular weight is 248 g/mol. The van der Waals surface area contributed by atoms with E-state index in [4.69, 9.17) is 9.47 Å². The summed E-state index contributed by atoms with van der Waals surface area (Å²) in [7, 11) is 0. The molecule has 100 valence electrons. The van der Waals surface area contributed by atoms with Crippen LogP contribution >= 0.6 is 0 Å². The first-order valence-electron chi connectivity index (χ1n) is 6.80. The minimum Gasteiger partial charge on any atom is -0.494 e. The fourth-order valence-electron chi connectivity index (χ4n) is 1.62. The Bertz CT molecular complexity index is 316. The summed E-state index contributed by atoms with van der Waals surface area (Å²) in [5, 5.41) is 0. The van der Waals surface area contributed by atoms with Crippen LogP contribution in [0.1, 0.15) is 38.2 Å². The highest BCUT2D eigenvalue weighted by molar-refractivity contribution is 5.48. The minimum atomic E-state index is 0.779. The van der Waals surface area contributed by atoms with Gasteiger partial charge in [-0.3, -0.25) is 0 Å². The standard InChI is InChI=1S/C16H24O2/c1-3-12-17-13-6-5-7-14-18-16-10-8-15(4-2)9-11-16/h4,8-11H,2-3,5-7,12-14H2,1H3. The molecule has 0 fully saturated rings. The molecule has 0 saturated carbocycles. The molecule has 0 aliphatic heterocycles. The van der Waals surface area contributed by atoms with Gasteiger partial charge in [0.2, 0.25) is 0 Å². The van der Waals surface area contributed by atoms with Crippen molar-refractivity contribution in [3.8, 4) is 5.75 Å². The van der Waals surface area contributed by atoms with Gasteiger partial charge in [-0.25, -0.2) is 0 Å². The van der Waals surface area contributed by atoms with Crippen molar-refractivity contribution in [2.75, 3.05) is 19.8 Å². The third kappa shape index (κ3) is 6.45. The molecule has 0 atom stereocenters. The predicted octanol–water partition coefficient (Wildman–Crippen LogP) is 4.31. The van der Waals surface area contributed by atoms with Crippen molar-refractivity contribution in [3.05, 3.63) is 36.4 Å². The van der Waals surface area contributed by atoms with Crippen LogP contribution in [0.15, 0.2) is 30.8 Å². The summed E-state index contributed by atoms with van der Waals surface area (Å²) in [6, 6.07) is 8.00. The van der Waals surface area contributed by atoms with E-state index in [1.165, 1.54) is 0 Å². The van der Waals surface area contributed by atoms with E-state index in [9.17, 15) is 0 Å². The van der Waals surface area contributed by atoms with E-state index in [2.05, 4.69) is 13.5 Å². The molecule has 1 aromatic rings. The Kier molecular flexibility index (Phi) is 7.98. The summed E-state index contributed by atoms with van der Waals surface area (Å²) in [6.45, 7) is 8.39. The molecule has 0 radical (unpaired) electrons. The third-order valence-corrected chi connectivity index (χ3v) is 2.67. The molecule has 0 saturated heterocycles. The lowest BCUT2D eigenvalue weighted by Crippen LogP contribution is -2.00. The van der Waals surface area contributed by atoms with Crippen molar-refractivity contribution in [1.29, 1.82) is 0 Å². The maximum absolute atomic E-state index is 5.66. The van der Waals surface area contributed by atoms with Crippen LogP contribution in [-0.4, -0.2) is 19.8 Å². The number of hydrogen-bond acceptors (Lipinski definition) is 2. The monoisotopic (exact) mass is 248 g/mol. The van der Waals surface area contributed by atoms with Crippen LogP contribution in [-0.2, 0) is 4.74 Å². The van der Waals surface area contributed by atoms with Gasteiger partial charge in [0, 0.05) is 13.2 Å². The first-order valence-corrected chi connectivity index (χ1v) is 6.80. The first-order chi connectivity index (χ1) is 8.86. The first kappa shape index (κ1) is 14.8. The molecule has 0 unspecified atom stereocenters. The fraction of sp³-hybridized carbons (Fsp3) is 0.500. The van der Waals surface area contributed by atoms with Gasteiger partial charge >= 0.3 is 0 Å². The maximum Gasteiger partial charge on any atom is 0.119 e. The highest BCUT2D eigenvalue weighted by Gasteiger charge is 1.94. The van der Waals surface area contributed by atoms with Crippen LogP contribution in [0.25, 0.3) is 6.08 Å². The Morgan fingerprint density at radius 2 is 1.72 bits per heavy atom. The second-order valence-corrected chi connectivity index (χ2v) is 4.29. The Hall–Kier alpha value is -1.28. The van der Waals surface area contributed by atoms with Crippen molar-refractivity contribution >= 4 is 6.08 Å². The molecule has 0 bridgehead atoms. The lowest BCUT2D eigenvalue weighted by Gasteiger charge is -2.06. The number of ether oxygens (including phenoxy) is 2. The quantitative estimate of drug-likeness (QED) is 0.575. The van der Waals surface area contributed by atoms with Gasteiger partial charge in [-0.2, -0.15) is 0 Å². The molecule has 0 heterocycles. The van der Waals surface area contributed by atoms with Gasteiger partial charge in [0.25, 0.3) is 0 Å². The zero-order chi connectivity index (χ0) is 13.1. The van der Waals surface area contributed by atoms with E-state index >= 15 is 0 Å². The van der Waals surface area contributed by atoms with Gasteiger partial charge in [-0.15, -0.1) is 0 Å². The van der Waals surface area contributed by atoms with Crippen LogP contribution < -0.4 is 4.74 Å². The van der Waals surface area contributed by atoms with Crippen molar-refractivity contribution in [2.45, 2.75) is 32.6 Å². The summed E-state index contributed by atoms with van der Waals surface area (Å²) in [4.78, 5) is 0. The molecule has 0 aliphatic rings. The lowest BCUT2D eigenvalue weighted by atomic mass is 10.2. The second-order valence-electron chi connectivity index (χ2n) is 4.29. The van der Waals surface area contributed by atoms with Gasteiger partial charge < -0.3 is 9.47 Å². The summed E-state index contributed by atoms with van der Waals surface area (Å²) in [5.74, 6) is 0.933. The summed E-state index contributed by atoms with van der Waals surface area (Å²) in [5.41, 5.74) is 1.12. The lowest BCUT2D eigenvalue weighted by molar-refractivity contribution is 0.129. The van der Waals surface area contributed by atoms with Crippen molar-refractivity contribution < 1.29 is 9.47 Å². The number of benzene rings is 1. The molecule has 0 N–H and O–H groups in total. The van der Waals surface area contributed by atoms with Gasteiger partial charge in [-0.05, 0) is 43.4 Å². The molecule has 0 amide bonds. The van der Waals surface area contributed by atoms with E-state index in [0.717, 1.165) is 56.8 Å². The van der Waals surface area contributed by atoms with Crippen molar-refractivity contribution in [3.63, 3.8) is 0 Å². The van der Waals surface area contributed by atoms with Gasteiger partial charge in [0.1, 0.15) is 5.75 Å². The topological polar surface area (TPSA) is 18.5 Å². The highest BCUT2D eigenvalue weighted by atomic mass is 16.5. The Labute approximate surface area is 111 Å². The fourth-order valence-corrected chi connectivity index (χ4v) is 1.62. The van der Waals surface area contributed by atoms with E-state index in [-0.39, 0.29) is 0 Å². The molecule has 0 spiro atoms.